The van der Waals surface area contributed by atoms with Crippen LogP contribution in [-0.4, -0.2) is 22.8 Å². The maximum Gasteiger partial charge on any atom is 0.573 e. The van der Waals surface area contributed by atoms with Gasteiger partial charge in [0.05, 0.1) is 0 Å². The minimum absolute atomic E-state index is 0.0503. The molecule has 1 heterocycles. The number of hydrogen-bond acceptors (Lipinski definition) is 5. The molecule has 1 aliphatic heterocycles. The van der Waals surface area contributed by atoms with Gasteiger partial charge in [-0.05, 0) is 48.2 Å². The molecule has 0 spiro atoms. The fourth-order valence-corrected chi connectivity index (χ4v) is 4.51. The molecule has 28 heavy (non-hydrogen) atoms. The van der Waals surface area contributed by atoms with Gasteiger partial charge in [-0.1, -0.05) is 30.0 Å². The Balaban J connectivity index is 1.55. The van der Waals surface area contributed by atoms with Gasteiger partial charge < -0.3 is 9.47 Å². The number of aryl methyl sites for hydroxylation is 1. The maximum absolute atomic E-state index is 12.6. The van der Waals surface area contributed by atoms with Crippen LogP contribution in [0, 0.1) is 0 Å². The Morgan fingerprint density at radius 3 is 2.50 bits per heavy atom. The van der Waals surface area contributed by atoms with Crippen molar-refractivity contribution in [2.45, 2.75) is 30.4 Å². The van der Waals surface area contributed by atoms with Gasteiger partial charge in [0, 0.05) is 5.92 Å². The molecule has 0 saturated carbocycles. The van der Waals surface area contributed by atoms with Crippen LogP contribution in [0.3, 0.4) is 0 Å². The zero-order valence-electron chi connectivity index (χ0n) is 14.3. The van der Waals surface area contributed by atoms with E-state index in [-0.39, 0.29) is 22.8 Å². The van der Waals surface area contributed by atoms with Crippen molar-refractivity contribution in [2.24, 2.45) is 0 Å². The molecular weight excluding hydrogens is 395 g/mol. The second-order valence-corrected chi connectivity index (χ2v) is 7.53. The van der Waals surface area contributed by atoms with Crippen molar-refractivity contribution in [3.05, 3.63) is 53.6 Å². The number of nitrogens with one attached hydrogen (secondary N) is 1. The van der Waals surface area contributed by atoms with Gasteiger partial charge in [-0.3, -0.25) is 14.9 Å². The van der Waals surface area contributed by atoms with Crippen LogP contribution < -0.4 is 14.8 Å². The summed E-state index contributed by atoms with van der Waals surface area (Å²) < 4.78 is 47.3. The fourth-order valence-electron chi connectivity index (χ4n) is 3.51. The Kier molecular flexibility index (Phi) is 4.70. The molecule has 9 heteroatoms. The summed E-state index contributed by atoms with van der Waals surface area (Å²) in [5, 5.41) is 1.50. The summed E-state index contributed by atoms with van der Waals surface area (Å²) in [6.45, 7) is 0. The van der Waals surface area contributed by atoms with Crippen LogP contribution in [0.15, 0.2) is 42.5 Å². The van der Waals surface area contributed by atoms with Crippen LogP contribution >= 0.6 is 11.8 Å². The number of halogens is 3. The summed E-state index contributed by atoms with van der Waals surface area (Å²) in [5.74, 6) is -0.471. The van der Waals surface area contributed by atoms with E-state index in [4.69, 9.17) is 4.74 Å². The van der Waals surface area contributed by atoms with Crippen LogP contribution in [-0.2, 0) is 11.2 Å². The molecule has 2 aliphatic rings. The first-order chi connectivity index (χ1) is 13.3. The number of alkyl halides is 3. The van der Waals surface area contributed by atoms with Crippen LogP contribution in [0.1, 0.15) is 23.5 Å². The highest BCUT2D eigenvalue weighted by Gasteiger charge is 2.41. The smallest absolute Gasteiger partial charge is 0.453 e. The number of fused-ring (bicyclic) bond motifs is 1. The van der Waals surface area contributed by atoms with Crippen LogP contribution in [0.4, 0.5) is 18.0 Å². The standard InChI is InChI=1S/C19H14F3NO4S/c20-19(21,22)27-15-4-2-1-3-14(15)26-11-6-8-12-10(9-11)5-7-13(12)16-17(24)23-18(25)28-16/h1-4,6,8-9,13,16H,5,7H2,(H,23,24,25)/t13-,16?/m1/s1. The number of hydrogen-bond donors (Lipinski definition) is 1. The van der Waals surface area contributed by atoms with Gasteiger partial charge in [-0.15, -0.1) is 13.2 Å². The van der Waals surface area contributed by atoms with Crippen molar-refractivity contribution in [3.8, 4) is 17.2 Å². The van der Waals surface area contributed by atoms with Crippen molar-refractivity contribution in [1.29, 1.82) is 0 Å². The quantitative estimate of drug-likeness (QED) is 0.789. The molecule has 2 aromatic carbocycles. The summed E-state index contributed by atoms with van der Waals surface area (Å²) in [7, 11) is 0. The number of rotatable bonds is 4. The second kappa shape index (κ2) is 7.05. The lowest BCUT2D eigenvalue weighted by Gasteiger charge is -2.16. The third-order valence-electron chi connectivity index (χ3n) is 4.62. The molecule has 0 bridgehead atoms. The first kappa shape index (κ1) is 18.7. The number of para-hydroxylation sites is 2. The van der Waals surface area contributed by atoms with E-state index in [1.807, 2.05) is 0 Å². The maximum atomic E-state index is 12.6. The van der Waals surface area contributed by atoms with E-state index in [1.54, 1.807) is 24.3 Å². The van der Waals surface area contributed by atoms with Gasteiger partial charge in [0.15, 0.2) is 11.5 Å². The molecule has 2 aromatic rings. The van der Waals surface area contributed by atoms with Crippen LogP contribution in [0.5, 0.6) is 17.2 Å². The molecule has 1 fully saturated rings. The third kappa shape index (κ3) is 3.80. The van der Waals surface area contributed by atoms with Gasteiger partial charge in [0.2, 0.25) is 5.91 Å². The zero-order valence-corrected chi connectivity index (χ0v) is 15.1. The Morgan fingerprint density at radius 2 is 1.82 bits per heavy atom. The highest BCUT2D eigenvalue weighted by molar-refractivity contribution is 8.15. The second-order valence-electron chi connectivity index (χ2n) is 6.42. The number of imide groups is 1. The van der Waals surface area contributed by atoms with Crippen molar-refractivity contribution >= 4 is 22.9 Å². The highest BCUT2D eigenvalue weighted by Crippen LogP contribution is 2.44. The normalized spacial score (nSPS) is 21.4. The van der Waals surface area contributed by atoms with E-state index >= 15 is 0 Å². The van der Waals surface area contributed by atoms with Crippen molar-refractivity contribution in [2.75, 3.05) is 0 Å². The Labute approximate surface area is 162 Å². The lowest BCUT2D eigenvalue weighted by Crippen LogP contribution is -2.27. The molecule has 0 radical (unpaired) electrons. The fraction of sp³-hybridized carbons (Fsp3) is 0.263. The highest BCUT2D eigenvalue weighted by atomic mass is 32.2. The van der Waals surface area contributed by atoms with Gasteiger partial charge in [0.25, 0.3) is 5.24 Å². The van der Waals surface area contributed by atoms with E-state index in [0.717, 1.165) is 22.9 Å². The lowest BCUT2D eigenvalue weighted by atomic mass is 9.97. The van der Waals surface area contributed by atoms with E-state index in [1.165, 1.54) is 18.2 Å². The number of ether oxygens (including phenoxy) is 2. The molecule has 1 saturated heterocycles. The molecule has 1 aliphatic carbocycles. The largest absolute Gasteiger partial charge is 0.573 e. The van der Waals surface area contributed by atoms with Gasteiger partial charge in [-0.25, -0.2) is 0 Å². The van der Waals surface area contributed by atoms with Crippen LogP contribution in [0.2, 0.25) is 0 Å². The third-order valence-corrected chi connectivity index (χ3v) is 5.74. The Hall–Kier alpha value is -2.68. The Morgan fingerprint density at radius 1 is 1.07 bits per heavy atom. The average molecular weight is 409 g/mol. The first-order valence-electron chi connectivity index (χ1n) is 8.47. The van der Waals surface area contributed by atoms with Crippen LogP contribution in [0.25, 0.3) is 0 Å². The zero-order chi connectivity index (χ0) is 19.9. The minimum Gasteiger partial charge on any atom is -0.453 e. The predicted octanol–water partition coefficient (Wildman–Crippen LogP) is 4.76. The van der Waals surface area contributed by atoms with Crippen molar-refractivity contribution < 1.29 is 32.2 Å². The molecule has 1 unspecified atom stereocenters. The van der Waals surface area contributed by atoms with Gasteiger partial charge >= 0.3 is 6.36 Å². The van der Waals surface area contributed by atoms with E-state index in [9.17, 15) is 22.8 Å². The summed E-state index contributed by atoms with van der Waals surface area (Å²) in [6, 6.07) is 10.7. The van der Waals surface area contributed by atoms with E-state index in [2.05, 4.69) is 10.1 Å². The van der Waals surface area contributed by atoms with E-state index in [0.29, 0.717) is 18.6 Å². The molecule has 5 nitrogen and oxygen atoms in total. The number of carbonyl (C=O) groups is 2. The monoisotopic (exact) mass is 409 g/mol. The topological polar surface area (TPSA) is 64.6 Å². The van der Waals surface area contributed by atoms with Gasteiger partial charge in [0.1, 0.15) is 11.0 Å². The molecule has 4 rings (SSSR count). The van der Waals surface area contributed by atoms with Crippen molar-refractivity contribution in [1.82, 2.24) is 5.32 Å². The van der Waals surface area contributed by atoms with E-state index < -0.39 is 17.4 Å². The summed E-state index contributed by atoms with van der Waals surface area (Å²) in [5.41, 5.74) is 1.90. The molecular formula is C19H14F3NO4S. The Bertz CT molecular complexity index is 947. The van der Waals surface area contributed by atoms with Crippen molar-refractivity contribution in [3.63, 3.8) is 0 Å². The number of carbonyl (C=O) groups excluding carboxylic acids is 2. The first-order valence-corrected chi connectivity index (χ1v) is 9.35. The average Bonchev–Trinajstić information content (AvgIpc) is 3.17. The number of benzene rings is 2. The van der Waals surface area contributed by atoms with Gasteiger partial charge in [-0.2, -0.15) is 0 Å². The number of amides is 2. The molecule has 146 valence electrons. The SMILES string of the molecule is O=C1NC(=O)C([C@@H]2CCc3cc(Oc4ccccc4OC(F)(F)F)ccc32)S1. The molecule has 1 N–H and O–H groups in total. The minimum atomic E-state index is -4.82. The summed E-state index contributed by atoms with van der Waals surface area (Å²) >= 11 is 0.995. The molecule has 0 aromatic heterocycles. The molecule has 2 amide bonds. The lowest BCUT2D eigenvalue weighted by molar-refractivity contribution is -0.275. The summed E-state index contributed by atoms with van der Waals surface area (Å²) in [6.07, 6.45) is -3.41. The summed E-state index contributed by atoms with van der Waals surface area (Å²) in [4.78, 5) is 23.4. The number of thioether (sulfide) groups is 1. The molecule has 2 atom stereocenters. The predicted molar refractivity (Wildman–Crippen MR) is 95.6 cm³/mol.